The largest absolute Gasteiger partial charge is 0.493 e. The Hall–Kier alpha value is -4.60. The van der Waals surface area contributed by atoms with Gasteiger partial charge in [-0.25, -0.2) is 4.79 Å². The fourth-order valence-electron chi connectivity index (χ4n) is 3.05. The minimum atomic E-state index is -0.851. The van der Waals surface area contributed by atoms with Gasteiger partial charge in [0.1, 0.15) is 5.69 Å². The Labute approximate surface area is 195 Å². The number of benzene rings is 3. The molecule has 3 rings (SSSR count). The molecule has 176 valence electrons. The predicted molar refractivity (Wildman–Crippen MR) is 124 cm³/mol. The van der Waals surface area contributed by atoms with Crippen LogP contribution in [0.15, 0.2) is 66.7 Å². The highest BCUT2D eigenvalue weighted by Crippen LogP contribution is 2.29. The van der Waals surface area contributed by atoms with Crippen molar-refractivity contribution in [1.82, 2.24) is 5.32 Å². The van der Waals surface area contributed by atoms with Gasteiger partial charge in [-0.1, -0.05) is 24.3 Å². The van der Waals surface area contributed by atoms with E-state index in [0.717, 1.165) is 11.6 Å². The van der Waals surface area contributed by atoms with Crippen molar-refractivity contribution in [2.75, 3.05) is 26.1 Å². The van der Waals surface area contributed by atoms with Crippen molar-refractivity contribution >= 4 is 28.9 Å². The highest BCUT2D eigenvalue weighted by molar-refractivity contribution is 5.93. The van der Waals surface area contributed by atoms with Gasteiger partial charge < -0.3 is 24.8 Å². The number of rotatable bonds is 10. The van der Waals surface area contributed by atoms with Gasteiger partial charge in [0, 0.05) is 18.3 Å². The highest BCUT2D eigenvalue weighted by atomic mass is 16.6. The maximum Gasteiger partial charge on any atom is 0.338 e. The molecule has 2 N–H and O–H groups in total. The van der Waals surface area contributed by atoms with Gasteiger partial charge in [0.2, 0.25) is 0 Å². The topological polar surface area (TPSA) is 129 Å². The molecule has 0 aliphatic heterocycles. The molecule has 0 atom stereocenters. The zero-order valence-electron chi connectivity index (χ0n) is 18.6. The quantitative estimate of drug-likeness (QED) is 0.263. The lowest BCUT2D eigenvalue weighted by molar-refractivity contribution is -0.383. The van der Waals surface area contributed by atoms with Gasteiger partial charge in [-0.05, 0) is 42.0 Å². The molecule has 0 bridgehead atoms. The zero-order chi connectivity index (χ0) is 24.5. The van der Waals surface area contributed by atoms with E-state index >= 15 is 0 Å². The molecule has 0 aliphatic rings. The first-order valence-electron chi connectivity index (χ1n) is 10.2. The van der Waals surface area contributed by atoms with Crippen LogP contribution < -0.4 is 20.1 Å². The summed E-state index contributed by atoms with van der Waals surface area (Å²) < 4.78 is 15.4. The third kappa shape index (κ3) is 6.22. The van der Waals surface area contributed by atoms with E-state index in [9.17, 15) is 19.7 Å². The van der Waals surface area contributed by atoms with Crippen LogP contribution in [0.2, 0.25) is 0 Å². The third-order valence-electron chi connectivity index (χ3n) is 4.75. The summed E-state index contributed by atoms with van der Waals surface area (Å²) in [7, 11) is 3.03. The predicted octanol–water partition coefficient (Wildman–Crippen LogP) is 3.83. The summed E-state index contributed by atoms with van der Waals surface area (Å²) in [6.07, 6.45) is 0. The number of para-hydroxylation sites is 1. The monoisotopic (exact) mass is 465 g/mol. The van der Waals surface area contributed by atoms with Crippen molar-refractivity contribution in [2.24, 2.45) is 0 Å². The van der Waals surface area contributed by atoms with Crippen LogP contribution in [0, 0.1) is 10.1 Å². The molecule has 0 fully saturated rings. The van der Waals surface area contributed by atoms with E-state index in [-0.39, 0.29) is 23.5 Å². The first kappa shape index (κ1) is 24.1. The van der Waals surface area contributed by atoms with Crippen LogP contribution in [0.3, 0.4) is 0 Å². The minimum Gasteiger partial charge on any atom is -0.493 e. The van der Waals surface area contributed by atoms with Crippen molar-refractivity contribution in [1.29, 1.82) is 0 Å². The molecule has 3 aromatic rings. The Morgan fingerprint density at radius 1 is 0.941 bits per heavy atom. The number of hydrogen-bond acceptors (Lipinski definition) is 8. The van der Waals surface area contributed by atoms with Crippen LogP contribution in [-0.2, 0) is 16.1 Å². The number of amides is 1. The van der Waals surface area contributed by atoms with E-state index in [4.69, 9.17) is 14.2 Å². The second-order valence-electron chi connectivity index (χ2n) is 7.02. The molecule has 0 saturated carbocycles. The number of nitrogens with zero attached hydrogens (tertiary/aromatic N) is 1. The van der Waals surface area contributed by atoms with Crippen molar-refractivity contribution in [2.45, 2.75) is 6.54 Å². The highest BCUT2D eigenvalue weighted by Gasteiger charge is 2.19. The lowest BCUT2D eigenvalue weighted by Crippen LogP contribution is -2.28. The molecule has 34 heavy (non-hydrogen) atoms. The number of ether oxygens (including phenoxy) is 3. The van der Waals surface area contributed by atoms with Crippen molar-refractivity contribution in [3.05, 3.63) is 88.0 Å². The molecule has 0 aromatic heterocycles. The Kier molecular flexibility index (Phi) is 8.01. The van der Waals surface area contributed by atoms with Crippen LogP contribution in [0.1, 0.15) is 15.9 Å². The van der Waals surface area contributed by atoms with Crippen molar-refractivity contribution in [3.8, 4) is 11.5 Å². The minimum absolute atomic E-state index is 0.0435. The third-order valence-corrected chi connectivity index (χ3v) is 4.75. The number of carbonyl (C=O) groups is 2. The van der Waals surface area contributed by atoms with Crippen molar-refractivity contribution in [3.63, 3.8) is 0 Å². The molecule has 0 heterocycles. The first-order valence-corrected chi connectivity index (χ1v) is 10.2. The Balaban J connectivity index is 1.58. The number of nitro benzene ring substituents is 1. The number of anilines is 2. The molecule has 0 saturated heterocycles. The molecule has 0 spiro atoms. The molecular formula is C24H23N3O7. The van der Waals surface area contributed by atoms with Crippen LogP contribution in [0.25, 0.3) is 0 Å². The van der Waals surface area contributed by atoms with Crippen LogP contribution in [0.5, 0.6) is 11.5 Å². The summed E-state index contributed by atoms with van der Waals surface area (Å²) in [5.41, 5.74) is 1.30. The lowest BCUT2D eigenvalue weighted by Gasteiger charge is -2.11. The number of carbonyl (C=O) groups excluding carboxylic acids is 2. The average Bonchev–Trinajstić information content (AvgIpc) is 2.86. The van der Waals surface area contributed by atoms with Gasteiger partial charge in [-0.15, -0.1) is 0 Å². The van der Waals surface area contributed by atoms with Crippen molar-refractivity contribution < 1.29 is 28.7 Å². The Bertz CT molecular complexity index is 1180. The first-order chi connectivity index (χ1) is 16.4. The fourth-order valence-corrected chi connectivity index (χ4v) is 3.05. The summed E-state index contributed by atoms with van der Waals surface area (Å²) in [4.78, 5) is 35.3. The van der Waals surface area contributed by atoms with E-state index in [1.54, 1.807) is 42.5 Å². The van der Waals surface area contributed by atoms with Gasteiger partial charge in [-0.2, -0.15) is 0 Å². The number of hydrogen-bond donors (Lipinski definition) is 2. The molecule has 0 aliphatic carbocycles. The van der Waals surface area contributed by atoms with Gasteiger partial charge in [0.25, 0.3) is 11.6 Å². The van der Waals surface area contributed by atoms with Gasteiger partial charge in [0.15, 0.2) is 18.1 Å². The number of esters is 1. The molecule has 10 nitrogen and oxygen atoms in total. The molecule has 0 radical (unpaired) electrons. The van der Waals surface area contributed by atoms with E-state index in [0.29, 0.717) is 17.2 Å². The van der Waals surface area contributed by atoms with Crippen LogP contribution >= 0.6 is 0 Å². The maximum absolute atomic E-state index is 12.3. The second-order valence-corrected chi connectivity index (χ2v) is 7.02. The number of nitro groups is 1. The standard InChI is InChI=1S/C24H23N3O7/c1-32-21-11-8-16(12-22(21)33-2)14-25-23(28)15-34-24(29)17-9-10-19(20(13-17)27(30)31)26-18-6-4-3-5-7-18/h3-13,26H,14-15H2,1-2H3,(H,25,28). The van der Waals surface area contributed by atoms with Crippen LogP contribution in [-0.4, -0.2) is 37.6 Å². The summed E-state index contributed by atoms with van der Waals surface area (Å²) >= 11 is 0. The molecule has 3 aromatic carbocycles. The molecule has 0 unspecified atom stereocenters. The van der Waals surface area contributed by atoms with E-state index < -0.39 is 23.4 Å². The molecule has 10 heteroatoms. The zero-order valence-corrected chi connectivity index (χ0v) is 18.6. The number of methoxy groups -OCH3 is 2. The van der Waals surface area contributed by atoms with Gasteiger partial charge in [-0.3, -0.25) is 14.9 Å². The van der Waals surface area contributed by atoms with E-state index in [1.165, 1.54) is 26.4 Å². The lowest BCUT2D eigenvalue weighted by atomic mass is 10.1. The summed E-state index contributed by atoms with van der Waals surface area (Å²) in [5, 5.41) is 17.1. The van der Waals surface area contributed by atoms with Gasteiger partial charge in [0.05, 0.1) is 24.7 Å². The van der Waals surface area contributed by atoms with E-state index in [1.807, 2.05) is 6.07 Å². The van der Waals surface area contributed by atoms with Gasteiger partial charge >= 0.3 is 5.97 Å². The summed E-state index contributed by atoms with van der Waals surface area (Å²) in [6.45, 7) is -0.355. The summed E-state index contributed by atoms with van der Waals surface area (Å²) in [6, 6.07) is 18.0. The SMILES string of the molecule is COc1ccc(CNC(=O)COC(=O)c2ccc(Nc3ccccc3)c([N+](=O)[O-])c2)cc1OC. The second kappa shape index (κ2) is 11.3. The maximum atomic E-state index is 12.3. The Morgan fingerprint density at radius 3 is 2.35 bits per heavy atom. The Morgan fingerprint density at radius 2 is 1.68 bits per heavy atom. The number of nitrogens with one attached hydrogen (secondary N) is 2. The fraction of sp³-hybridized carbons (Fsp3) is 0.167. The molecule has 1 amide bonds. The van der Waals surface area contributed by atoms with E-state index in [2.05, 4.69) is 10.6 Å². The van der Waals surface area contributed by atoms with Crippen LogP contribution in [0.4, 0.5) is 17.1 Å². The normalized spacial score (nSPS) is 10.2. The smallest absolute Gasteiger partial charge is 0.338 e. The molecular weight excluding hydrogens is 442 g/mol. The summed E-state index contributed by atoms with van der Waals surface area (Å²) in [5.74, 6) is -0.298. The average molecular weight is 465 g/mol.